The molecule has 1 aliphatic rings. The van der Waals surface area contributed by atoms with E-state index in [2.05, 4.69) is 36.1 Å². The summed E-state index contributed by atoms with van der Waals surface area (Å²) in [5, 5.41) is 0. The summed E-state index contributed by atoms with van der Waals surface area (Å²) in [4.78, 5) is 14.8. The quantitative estimate of drug-likeness (QED) is 0.788. The summed E-state index contributed by atoms with van der Waals surface area (Å²) in [5.41, 5.74) is 4.62. The lowest BCUT2D eigenvalue weighted by Gasteiger charge is -2.24. The molecular weight excluding hydrogens is 258 g/mol. The van der Waals surface area contributed by atoms with Crippen LogP contribution in [0.4, 0.5) is 5.69 Å². The topological polar surface area (TPSA) is 20.3 Å². The van der Waals surface area contributed by atoms with Gasteiger partial charge in [0.1, 0.15) is 0 Å². The SMILES string of the molecule is Cc1ccccc1C(=O)CCN1c2ccccc2CC1C. The van der Waals surface area contributed by atoms with Gasteiger partial charge in [0.2, 0.25) is 0 Å². The van der Waals surface area contributed by atoms with Gasteiger partial charge in [-0.3, -0.25) is 4.79 Å². The molecule has 2 nitrogen and oxygen atoms in total. The first kappa shape index (κ1) is 13.9. The van der Waals surface area contributed by atoms with Crippen molar-refractivity contribution in [1.29, 1.82) is 0 Å². The van der Waals surface area contributed by atoms with Crippen LogP contribution in [-0.4, -0.2) is 18.4 Å². The Kier molecular flexibility index (Phi) is 3.78. The fourth-order valence-electron chi connectivity index (χ4n) is 3.21. The van der Waals surface area contributed by atoms with Crippen molar-refractivity contribution in [3.63, 3.8) is 0 Å². The minimum atomic E-state index is 0.240. The van der Waals surface area contributed by atoms with Gasteiger partial charge in [-0.2, -0.15) is 0 Å². The second-order valence-electron chi connectivity index (χ2n) is 5.86. The molecule has 1 aliphatic heterocycles. The number of fused-ring (bicyclic) bond motifs is 1. The molecule has 108 valence electrons. The Morgan fingerprint density at radius 3 is 2.67 bits per heavy atom. The number of para-hydroxylation sites is 1. The standard InChI is InChI=1S/C19H21NO/c1-14-7-3-5-9-17(14)19(21)11-12-20-15(2)13-16-8-4-6-10-18(16)20/h3-10,15H,11-13H2,1-2H3. The van der Waals surface area contributed by atoms with Crippen molar-refractivity contribution in [2.45, 2.75) is 32.7 Å². The van der Waals surface area contributed by atoms with Gasteiger partial charge in [0.05, 0.1) is 0 Å². The van der Waals surface area contributed by atoms with Crippen LogP contribution in [0.2, 0.25) is 0 Å². The zero-order valence-corrected chi connectivity index (χ0v) is 12.7. The van der Waals surface area contributed by atoms with Crippen molar-refractivity contribution in [3.05, 3.63) is 65.2 Å². The van der Waals surface area contributed by atoms with Gasteiger partial charge in [-0.25, -0.2) is 0 Å². The summed E-state index contributed by atoms with van der Waals surface area (Å²) in [6.45, 7) is 5.03. The molecule has 1 unspecified atom stereocenters. The number of nitrogens with zero attached hydrogens (tertiary/aromatic N) is 1. The third kappa shape index (κ3) is 2.71. The summed E-state index contributed by atoms with van der Waals surface area (Å²) in [7, 11) is 0. The predicted molar refractivity (Wildman–Crippen MR) is 87.1 cm³/mol. The van der Waals surface area contributed by atoms with E-state index < -0.39 is 0 Å². The average molecular weight is 279 g/mol. The van der Waals surface area contributed by atoms with Gasteiger partial charge in [0, 0.05) is 30.3 Å². The molecule has 2 heteroatoms. The Balaban J connectivity index is 1.71. The Morgan fingerprint density at radius 2 is 1.86 bits per heavy atom. The normalized spacial score (nSPS) is 16.9. The molecule has 0 spiro atoms. The van der Waals surface area contributed by atoms with E-state index in [1.54, 1.807) is 0 Å². The zero-order valence-electron chi connectivity index (χ0n) is 12.7. The smallest absolute Gasteiger partial charge is 0.164 e. The van der Waals surface area contributed by atoms with Crippen LogP contribution < -0.4 is 4.90 Å². The Bertz CT molecular complexity index is 662. The van der Waals surface area contributed by atoms with Crippen LogP contribution in [0.3, 0.4) is 0 Å². The first-order chi connectivity index (χ1) is 10.2. The van der Waals surface area contributed by atoms with Gasteiger partial charge in [0.15, 0.2) is 5.78 Å². The molecule has 1 heterocycles. The van der Waals surface area contributed by atoms with E-state index in [1.807, 2.05) is 31.2 Å². The zero-order chi connectivity index (χ0) is 14.8. The van der Waals surface area contributed by atoms with E-state index in [4.69, 9.17) is 0 Å². The number of hydrogen-bond acceptors (Lipinski definition) is 2. The summed E-state index contributed by atoms with van der Waals surface area (Å²) in [5.74, 6) is 0.240. The lowest BCUT2D eigenvalue weighted by molar-refractivity contribution is 0.0983. The van der Waals surface area contributed by atoms with Crippen molar-refractivity contribution < 1.29 is 4.79 Å². The van der Waals surface area contributed by atoms with Crippen molar-refractivity contribution in [3.8, 4) is 0 Å². The third-order valence-electron chi connectivity index (χ3n) is 4.37. The monoisotopic (exact) mass is 279 g/mol. The molecule has 0 aromatic heterocycles. The van der Waals surface area contributed by atoms with Crippen LogP contribution in [-0.2, 0) is 6.42 Å². The number of benzene rings is 2. The Labute approximate surface area is 126 Å². The summed E-state index contributed by atoms with van der Waals surface area (Å²) < 4.78 is 0. The first-order valence-corrected chi connectivity index (χ1v) is 7.60. The maximum absolute atomic E-state index is 12.4. The third-order valence-corrected chi connectivity index (χ3v) is 4.37. The summed E-state index contributed by atoms with van der Waals surface area (Å²) in [6, 6.07) is 16.8. The van der Waals surface area contributed by atoms with Crippen LogP contribution in [0.5, 0.6) is 0 Å². The molecular formula is C19H21NO. The fourth-order valence-corrected chi connectivity index (χ4v) is 3.21. The fraction of sp³-hybridized carbons (Fsp3) is 0.316. The molecule has 0 N–H and O–H groups in total. The van der Waals surface area contributed by atoms with E-state index in [1.165, 1.54) is 11.3 Å². The summed E-state index contributed by atoms with van der Waals surface area (Å²) >= 11 is 0. The van der Waals surface area contributed by atoms with Crippen molar-refractivity contribution in [2.24, 2.45) is 0 Å². The lowest BCUT2D eigenvalue weighted by Crippen LogP contribution is -2.31. The first-order valence-electron chi connectivity index (χ1n) is 7.60. The minimum absolute atomic E-state index is 0.240. The van der Waals surface area contributed by atoms with E-state index >= 15 is 0 Å². The number of anilines is 1. The van der Waals surface area contributed by atoms with Crippen molar-refractivity contribution in [1.82, 2.24) is 0 Å². The number of rotatable bonds is 4. The molecule has 3 rings (SSSR count). The lowest BCUT2D eigenvalue weighted by atomic mass is 10.0. The molecule has 0 bridgehead atoms. The van der Waals surface area contributed by atoms with Crippen LogP contribution in [0.1, 0.15) is 34.8 Å². The van der Waals surface area contributed by atoms with Crippen LogP contribution >= 0.6 is 0 Å². The summed E-state index contributed by atoms with van der Waals surface area (Å²) in [6.07, 6.45) is 1.65. The molecule has 21 heavy (non-hydrogen) atoms. The maximum Gasteiger partial charge on any atom is 0.164 e. The van der Waals surface area contributed by atoms with E-state index in [0.717, 1.165) is 24.1 Å². The number of aryl methyl sites for hydroxylation is 1. The number of carbonyl (C=O) groups is 1. The minimum Gasteiger partial charge on any atom is -0.368 e. The number of ketones is 1. The average Bonchev–Trinajstić information content (AvgIpc) is 2.81. The number of carbonyl (C=O) groups excluding carboxylic acids is 1. The molecule has 0 fully saturated rings. The van der Waals surface area contributed by atoms with Gasteiger partial charge in [0.25, 0.3) is 0 Å². The van der Waals surface area contributed by atoms with E-state index in [0.29, 0.717) is 12.5 Å². The number of hydrogen-bond donors (Lipinski definition) is 0. The molecule has 0 radical (unpaired) electrons. The van der Waals surface area contributed by atoms with E-state index in [-0.39, 0.29) is 5.78 Å². The van der Waals surface area contributed by atoms with Gasteiger partial charge < -0.3 is 4.90 Å². The van der Waals surface area contributed by atoms with Crippen LogP contribution in [0, 0.1) is 6.92 Å². The second-order valence-corrected chi connectivity index (χ2v) is 5.86. The number of Topliss-reactive ketones (excluding diaryl/α,β-unsaturated/α-hetero) is 1. The highest BCUT2D eigenvalue weighted by molar-refractivity contribution is 5.97. The Morgan fingerprint density at radius 1 is 1.14 bits per heavy atom. The second kappa shape index (κ2) is 5.72. The predicted octanol–water partition coefficient (Wildman–Crippen LogP) is 4.02. The molecule has 0 amide bonds. The molecule has 2 aromatic rings. The molecule has 1 atom stereocenters. The highest BCUT2D eigenvalue weighted by atomic mass is 16.1. The largest absolute Gasteiger partial charge is 0.368 e. The van der Waals surface area contributed by atoms with Crippen molar-refractivity contribution in [2.75, 3.05) is 11.4 Å². The Hall–Kier alpha value is -2.09. The van der Waals surface area contributed by atoms with Gasteiger partial charge >= 0.3 is 0 Å². The molecule has 2 aromatic carbocycles. The maximum atomic E-state index is 12.4. The van der Waals surface area contributed by atoms with Gasteiger partial charge in [-0.05, 0) is 37.5 Å². The highest BCUT2D eigenvalue weighted by Gasteiger charge is 2.25. The molecule has 0 saturated heterocycles. The van der Waals surface area contributed by atoms with E-state index in [9.17, 15) is 4.79 Å². The van der Waals surface area contributed by atoms with Gasteiger partial charge in [-0.15, -0.1) is 0 Å². The van der Waals surface area contributed by atoms with Gasteiger partial charge in [-0.1, -0.05) is 42.5 Å². The molecule has 0 aliphatic carbocycles. The van der Waals surface area contributed by atoms with Crippen molar-refractivity contribution >= 4 is 11.5 Å². The molecule has 0 saturated carbocycles. The highest BCUT2D eigenvalue weighted by Crippen LogP contribution is 2.31. The van der Waals surface area contributed by atoms with Crippen LogP contribution in [0.15, 0.2) is 48.5 Å². The van der Waals surface area contributed by atoms with Crippen LogP contribution in [0.25, 0.3) is 0 Å².